The Morgan fingerprint density at radius 2 is 2.07 bits per heavy atom. The second kappa shape index (κ2) is 8.00. The molecule has 1 aromatic carbocycles. The Bertz CT molecular complexity index is 831. The van der Waals surface area contributed by atoms with Gasteiger partial charge in [-0.15, -0.1) is 0 Å². The Hall–Kier alpha value is -2.54. The molecule has 0 radical (unpaired) electrons. The Labute approximate surface area is 159 Å². The van der Waals surface area contributed by atoms with E-state index in [1.165, 1.54) is 0 Å². The Balaban J connectivity index is 1.82. The smallest absolute Gasteiger partial charge is 0.231 e. The normalized spacial score (nSPS) is 13.7. The van der Waals surface area contributed by atoms with Gasteiger partial charge in [-0.1, -0.05) is 6.07 Å². The Morgan fingerprint density at radius 1 is 1.33 bits per heavy atom. The van der Waals surface area contributed by atoms with E-state index in [1.807, 2.05) is 55.6 Å². The number of rotatable bonds is 7. The van der Waals surface area contributed by atoms with Crippen LogP contribution < -0.4 is 9.47 Å². The molecule has 7 nitrogen and oxygen atoms in total. The number of benzene rings is 1. The van der Waals surface area contributed by atoms with Crippen molar-refractivity contribution in [3.63, 3.8) is 0 Å². The largest absolute Gasteiger partial charge is 0.454 e. The molecule has 27 heavy (non-hydrogen) atoms. The molecule has 0 saturated heterocycles. The number of nitrogens with zero attached hydrogens (tertiary/aromatic N) is 3. The van der Waals surface area contributed by atoms with Crippen LogP contribution in [0.4, 0.5) is 0 Å². The average molecular weight is 373 g/mol. The lowest BCUT2D eigenvalue weighted by Gasteiger charge is -2.26. The highest BCUT2D eigenvalue weighted by Gasteiger charge is 2.27. The van der Waals surface area contributed by atoms with Crippen molar-refractivity contribution in [3.05, 3.63) is 40.7 Å². The van der Waals surface area contributed by atoms with Crippen LogP contribution in [0.1, 0.15) is 35.4 Å². The topological polar surface area (TPSA) is 65.8 Å². The first-order chi connectivity index (χ1) is 12.9. The van der Waals surface area contributed by atoms with Crippen molar-refractivity contribution in [3.8, 4) is 11.5 Å². The quantitative estimate of drug-likeness (QED) is 0.746. The van der Waals surface area contributed by atoms with Crippen LogP contribution in [0.15, 0.2) is 18.2 Å². The minimum absolute atomic E-state index is 0.0592. The lowest BCUT2D eigenvalue weighted by atomic mass is 9.97. The van der Waals surface area contributed by atoms with E-state index in [4.69, 9.17) is 14.2 Å². The molecule has 0 spiro atoms. The summed E-state index contributed by atoms with van der Waals surface area (Å²) in [6.07, 6.45) is 0. The number of amides is 1. The number of fused-ring (bicyclic) bond motifs is 1. The summed E-state index contributed by atoms with van der Waals surface area (Å²) in [4.78, 5) is 15.1. The molecule has 0 fully saturated rings. The van der Waals surface area contributed by atoms with E-state index in [1.54, 1.807) is 7.11 Å². The predicted molar refractivity (Wildman–Crippen MR) is 101 cm³/mol. The van der Waals surface area contributed by atoms with Crippen molar-refractivity contribution in [2.24, 2.45) is 7.05 Å². The number of aromatic nitrogens is 2. The molecular formula is C20H27N3O4. The zero-order valence-corrected chi connectivity index (χ0v) is 16.6. The van der Waals surface area contributed by atoms with Gasteiger partial charge in [0, 0.05) is 38.5 Å². The fourth-order valence-corrected chi connectivity index (χ4v) is 3.54. The van der Waals surface area contributed by atoms with Gasteiger partial charge in [-0.3, -0.25) is 9.48 Å². The lowest BCUT2D eigenvalue weighted by Crippen LogP contribution is -2.36. The first-order valence-corrected chi connectivity index (χ1v) is 9.08. The number of ether oxygens (including phenoxy) is 3. The van der Waals surface area contributed by atoms with Crippen LogP contribution in [0.25, 0.3) is 0 Å². The molecular weight excluding hydrogens is 346 g/mol. The van der Waals surface area contributed by atoms with Crippen LogP contribution in [0.3, 0.4) is 0 Å². The number of carbonyl (C=O) groups excluding carboxylic acids is 1. The first-order valence-electron chi connectivity index (χ1n) is 9.08. The molecule has 146 valence electrons. The van der Waals surface area contributed by atoms with Gasteiger partial charge < -0.3 is 19.1 Å². The lowest BCUT2D eigenvalue weighted by molar-refractivity contribution is -0.133. The monoisotopic (exact) mass is 373 g/mol. The third-order valence-corrected chi connectivity index (χ3v) is 5.06. The second-order valence-corrected chi connectivity index (χ2v) is 6.87. The molecule has 3 rings (SSSR count). The van der Waals surface area contributed by atoms with E-state index < -0.39 is 0 Å². The van der Waals surface area contributed by atoms with Crippen molar-refractivity contribution < 1.29 is 19.0 Å². The van der Waals surface area contributed by atoms with Gasteiger partial charge in [-0.2, -0.15) is 5.10 Å². The molecule has 2 heterocycles. The van der Waals surface area contributed by atoms with Gasteiger partial charge in [-0.25, -0.2) is 0 Å². The van der Waals surface area contributed by atoms with Crippen LogP contribution in [-0.4, -0.2) is 47.6 Å². The summed E-state index contributed by atoms with van der Waals surface area (Å²) < 4.78 is 17.9. The van der Waals surface area contributed by atoms with Crippen molar-refractivity contribution in [1.82, 2.24) is 14.7 Å². The Morgan fingerprint density at radius 3 is 2.74 bits per heavy atom. The summed E-state index contributed by atoms with van der Waals surface area (Å²) in [5.41, 5.74) is 3.90. The number of hydrogen-bond acceptors (Lipinski definition) is 5. The zero-order chi connectivity index (χ0) is 19.6. The minimum Gasteiger partial charge on any atom is -0.454 e. The van der Waals surface area contributed by atoms with E-state index in [2.05, 4.69) is 5.10 Å². The predicted octanol–water partition coefficient (Wildman–Crippen LogP) is 2.54. The second-order valence-electron chi connectivity index (χ2n) is 6.87. The fraction of sp³-hybridized carbons (Fsp3) is 0.500. The van der Waals surface area contributed by atoms with Crippen LogP contribution in [0.2, 0.25) is 0 Å². The van der Waals surface area contributed by atoms with Gasteiger partial charge in [0.2, 0.25) is 12.7 Å². The summed E-state index contributed by atoms with van der Waals surface area (Å²) in [6, 6.07) is 5.78. The number of aryl methyl sites for hydroxylation is 2. The van der Waals surface area contributed by atoms with Gasteiger partial charge in [0.1, 0.15) is 0 Å². The third kappa shape index (κ3) is 3.93. The molecule has 0 saturated carbocycles. The third-order valence-electron chi connectivity index (χ3n) is 5.06. The zero-order valence-electron chi connectivity index (χ0n) is 16.6. The molecule has 1 amide bonds. The van der Waals surface area contributed by atoms with E-state index in [0.29, 0.717) is 19.7 Å². The van der Waals surface area contributed by atoms with E-state index in [9.17, 15) is 4.79 Å². The molecule has 1 aliphatic rings. The maximum absolute atomic E-state index is 13.3. The van der Waals surface area contributed by atoms with Crippen LogP contribution >= 0.6 is 0 Å². The summed E-state index contributed by atoms with van der Waals surface area (Å²) in [5.74, 6) is 1.25. The highest BCUT2D eigenvalue weighted by molar-refractivity contribution is 5.84. The van der Waals surface area contributed by atoms with Crippen molar-refractivity contribution in [1.29, 1.82) is 0 Å². The van der Waals surface area contributed by atoms with Crippen LogP contribution in [-0.2, 0) is 23.1 Å². The molecule has 1 aromatic heterocycles. The van der Waals surface area contributed by atoms with Crippen molar-refractivity contribution in [2.75, 3.05) is 27.1 Å². The Kier molecular flexibility index (Phi) is 5.70. The van der Waals surface area contributed by atoms with Gasteiger partial charge in [0.15, 0.2) is 11.5 Å². The average Bonchev–Trinajstić information content (AvgIpc) is 3.21. The SMILES string of the molecule is COCCN(Cc1ccc2c(c1)OCO2)C(=O)C(C)c1c(C)nn(C)c1C. The molecule has 2 aromatic rings. The van der Waals surface area contributed by atoms with Crippen molar-refractivity contribution in [2.45, 2.75) is 33.2 Å². The molecule has 7 heteroatoms. The number of methoxy groups -OCH3 is 1. The molecule has 1 aliphatic heterocycles. The highest BCUT2D eigenvalue weighted by Crippen LogP contribution is 2.33. The van der Waals surface area contributed by atoms with Gasteiger partial charge in [0.25, 0.3) is 0 Å². The maximum atomic E-state index is 13.3. The molecule has 1 atom stereocenters. The number of hydrogen-bond donors (Lipinski definition) is 0. The summed E-state index contributed by atoms with van der Waals surface area (Å²) in [6.45, 7) is 7.61. The maximum Gasteiger partial charge on any atom is 0.231 e. The summed E-state index contributed by atoms with van der Waals surface area (Å²) in [7, 11) is 3.54. The van der Waals surface area contributed by atoms with E-state index >= 15 is 0 Å². The minimum atomic E-state index is -0.274. The first kappa shape index (κ1) is 19.2. The van der Waals surface area contributed by atoms with Crippen LogP contribution in [0.5, 0.6) is 11.5 Å². The summed E-state index contributed by atoms with van der Waals surface area (Å²) >= 11 is 0. The van der Waals surface area contributed by atoms with Gasteiger partial charge >= 0.3 is 0 Å². The van der Waals surface area contributed by atoms with Crippen LogP contribution in [0, 0.1) is 13.8 Å². The standard InChI is InChI=1S/C20H27N3O4/c1-13(19-14(2)21-22(4)15(19)3)20(24)23(8-9-25-5)11-16-6-7-17-18(10-16)27-12-26-17/h6-7,10,13H,8-9,11-12H2,1-5H3. The number of carbonyl (C=O) groups is 1. The highest BCUT2D eigenvalue weighted by atomic mass is 16.7. The van der Waals surface area contributed by atoms with E-state index in [0.717, 1.165) is 34.0 Å². The van der Waals surface area contributed by atoms with E-state index in [-0.39, 0.29) is 18.6 Å². The molecule has 0 N–H and O–H groups in total. The summed E-state index contributed by atoms with van der Waals surface area (Å²) in [5, 5.41) is 4.45. The van der Waals surface area contributed by atoms with Gasteiger partial charge in [0.05, 0.1) is 18.2 Å². The molecule has 0 bridgehead atoms. The van der Waals surface area contributed by atoms with Crippen molar-refractivity contribution >= 4 is 5.91 Å². The molecule has 0 aliphatic carbocycles. The van der Waals surface area contributed by atoms with Gasteiger partial charge in [-0.05, 0) is 38.5 Å². The molecule has 1 unspecified atom stereocenters. The fourth-order valence-electron chi connectivity index (χ4n) is 3.54.